The number of rotatable bonds is 3. The molecular formula is C17H20N6. The van der Waals surface area contributed by atoms with Gasteiger partial charge in [-0.1, -0.05) is 13.0 Å². The Morgan fingerprint density at radius 1 is 1.22 bits per heavy atom. The molecule has 4 rings (SSSR count). The molecule has 23 heavy (non-hydrogen) atoms. The summed E-state index contributed by atoms with van der Waals surface area (Å²) in [5.41, 5.74) is 2.04. The monoisotopic (exact) mass is 308 g/mol. The number of anilines is 3. The molecule has 0 amide bonds. The van der Waals surface area contributed by atoms with Gasteiger partial charge in [-0.3, -0.25) is 0 Å². The Labute approximate surface area is 135 Å². The van der Waals surface area contributed by atoms with Crippen LogP contribution >= 0.6 is 0 Å². The molecule has 0 saturated carbocycles. The van der Waals surface area contributed by atoms with Gasteiger partial charge in [0, 0.05) is 25.5 Å². The summed E-state index contributed by atoms with van der Waals surface area (Å²) >= 11 is 0. The van der Waals surface area contributed by atoms with Crippen LogP contribution in [0.15, 0.2) is 42.7 Å². The van der Waals surface area contributed by atoms with Crippen molar-refractivity contribution < 1.29 is 0 Å². The first-order valence-corrected chi connectivity index (χ1v) is 8.08. The number of aromatic nitrogens is 4. The van der Waals surface area contributed by atoms with Gasteiger partial charge in [-0.2, -0.15) is 4.98 Å². The average molecular weight is 308 g/mol. The molecule has 1 saturated heterocycles. The minimum absolute atomic E-state index is 0.571. The van der Waals surface area contributed by atoms with Crippen molar-refractivity contribution in [3.63, 3.8) is 0 Å². The third-order valence-corrected chi connectivity index (χ3v) is 4.24. The predicted molar refractivity (Wildman–Crippen MR) is 91.1 cm³/mol. The molecule has 0 radical (unpaired) electrons. The SMILES string of the molecule is CC1CCCN(c2cccn3nc(Nc4ccccn4)nc23)C1. The van der Waals surface area contributed by atoms with Crippen molar-refractivity contribution >= 4 is 23.1 Å². The molecule has 3 aromatic rings. The summed E-state index contributed by atoms with van der Waals surface area (Å²) in [7, 11) is 0. The number of pyridine rings is 2. The summed E-state index contributed by atoms with van der Waals surface area (Å²) in [5, 5.41) is 7.67. The molecule has 6 nitrogen and oxygen atoms in total. The van der Waals surface area contributed by atoms with Gasteiger partial charge in [-0.25, -0.2) is 9.50 Å². The molecular weight excluding hydrogens is 288 g/mol. The van der Waals surface area contributed by atoms with Crippen LogP contribution in [-0.2, 0) is 0 Å². The van der Waals surface area contributed by atoms with Crippen LogP contribution < -0.4 is 10.2 Å². The van der Waals surface area contributed by atoms with E-state index in [-0.39, 0.29) is 0 Å². The molecule has 3 aromatic heterocycles. The topological polar surface area (TPSA) is 58.4 Å². The summed E-state index contributed by atoms with van der Waals surface area (Å²) in [6.45, 7) is 4.47. The van der Waals surface area contributed by atoms with Crippen molar-refractivity contribution in [3.8, 4) is 0 Å². The highest BCUT2D eigenvalue weighted by molar-refractivity contribution is 5.70. The Kier molecular flexibility index (Phi) is 3.57. The van der Waals surface area contributed by atoms with Crippen LogP contribution in [0.4, 0.5) is 17.5 Å². The van der Waals surface area contributed by atoms with E-state index in [4.69, 9.17) is 0 Å². The number of nitrogens with zero attached hydrogens (tertiary/aromatic N) is 5. The van der Waals surface area contributed by atoms with Crippen LogP contribution in [0.2, 0.25) is 0 Å². The second-order valence-electron chi connectivity index (χ2n) is 6.13. The van der Waals surface area contributed by atoms with E-state index in [0.29, 0.717) is 5.95 Å². The zero-order chi connectivity index (χ0) is 15.6. The smallest absolute Gasteiger partial charge is 0.248 e. The highest BCUT2D eigenvalue weighted by Crippen LogP contribution is 2.26. The van der Waals surface area contributed by atoms with Crippen molar-refractivity contribution in [1.29, 1.82) is 0 Å². The first kappa shape index (κ1) is 14.0. The molecule has 1 N–H and O–H groups in total. The number of piperidine rings is 1. The van der Waals surface area contributed by atoms with Crippen molar-refractivity contribution in [2.45, 2.75) is 19.8 Å². The van der Waals surface area contributed by atoms with E-state index in [1.165, 1.54) is 12.8 Å². The molecule has 1 aliphatic rings. The zero-order valence-corrected chi connectivity index (χ0v) is 13.2. The summed E-state index contributed by atoms with van der Waals surface area (Å²) in [6, 6.07) is 9.88. The van der Waals surface area contributed by atoms with Gasteiger partial charge in [0.15, 0.2) is 5.65 Å². The maximum atomic E-state index is 4.67. The molecule has 1 unspecified atom stereocenters. The summed E-state index contributed by atoms with van der Waals surface area (Å²) < 4.78 is 1.83. The minimum atomic E-state index is 0.571. The Balaban J connectivity index is 1.67. The first-order valence-electron chi connectivity index (χ1n) is 8.08. The van der Waals surface area contributed by atoms with Crippen molar-refractivity contribution in [2.75, 3.05) is 23.3 Å². The fourth-order valence-corrected chi connectivity index (χ4v) is 3.15. The van der Waals surface area contributed by atoms with Crippen LogP contribution in [0.3, 0.4) is 0 Å². The third kappa shape index (κ3) is 2.84. The van der Waals surface area contributed by atoms with E-state index < -0.39 is 0 Å². The second kappa shape index (κ2) is 5.87. The molecule has 118 valence electrons. The van der Waals surface area contributed by atoms with Crippen molar-refractivity contribution in [1.82, 2.24) is 19.6 Å². The number of hydrogen-bond acceptors (Lipinski definition) is 5. The van der Waals surface area contributed by atoms with E-state index in [1.807, 2.05) is 35.0 Å². The van der Waals surface area contributed by atoms with Gasteiger partial charge in [0.1, 0.15) is 5.82 Å². The van der Waals surface area contributed by atoms with Gasteiger partial charge in [-0.15, -0.1) is 5.10 Å². The lowest BCUT2D eigenvalue weighted by molar-refractivity contribution is 0.447. The van der Waals surface area contributed by atoms with E-state index in [2.05, 4.69) is 38.3 Å². The fraction of sp³-hybridized carbons (Fsp3) is 0.353. The van der Waals surface area contributed by atoms with Crippen LogP contribution in [0, 0.1) is 5.92 Å². The summed E-state index contributed by atoms with van der Waals surface area (Å²) in [5.74, 6) is 2.04. The van der Waals surface area contributed by atoms with Gasteiger partial charge in [0.05, 0.1) is 5.69 Å². The molecule has 1 fully saturated rings. The molecule has 0 spiro atoms. The molecule has 0 aliphatic carbocycles. The van der Waals surface area contributed by atoms with E-state index in [1.54, 1.807) is 6.20 Å². The fourth-order valence-electron chi connectivity index (χ4n) is 3.15. The Hall–Kier alpha value is -2.63. The van der Waals surface area contributed by atoms with E-state index >= 15 is 0 Å². The van der Waals surface area contributed by atoms with Crippen molar-refractivity contribution in [3.05, 3.63) is 42.7 Å². The second-order valence-corrected chi connectivity index (χ2v) is 6.13. The standard InChI is InChI=1S/C17H20N6/c1-13-6-4-10-22(12-13)14-7-5-11-23-16(14)20-17(21-23)19-15-8-2-3-9-18-15/h2-3,5,7-9,11,13H,4,6,10,12H2,1H3,(H,18,19,21). The molecule has 6 heteroatoms. The maximum absolute atomic E-state index is 4.67. The normalized spacial score (nSPS) is 18.3. The van der Waals surface area contributed by atoms with Gasteiger partial charge in [0.25, 0.3) is 0 Å². The highest BCUT2D eigenvalue weighted by Gasteiger charge is 2.20. The average Bonchev–Trinajstić information content (AvgIpc) is 2.98. The molecule has 0 bridgehead atoms. The Morgan fingerprint density at radius 2 is 2.17 bits per heavy atom. The Morgan fingerprint density at radius 3 is 3.00 bits per heavy atom. The van der Waals surface area contributed by atoms with Gasteiger partial charge >= 0.3 is 0 Å². The van der Waals surface area contributed by atoms with E-state index in [9.17, 15) is 0 Å². The number of hydrogen-bond donors (Lipinski definition) is 1. The Bertz CT molecular complexity index is 797. The predicted octanol–water partition coefficient (Wildman–Crippen LogP) is 3.10. The van der Waals surface area contributed by atoms with Crippen LogP contribution in [0.5, 0.6) is 0 Å². The van der Waals surface area contributed by atoms with Gasteiger partial charge in [0.2, 0.25) is 5.95 Å². The lowest BCUT2D eigenvalue weighted by Gasteiger charge is -2.32. The first-order chi connectivity index (χ1) is 11.3. The number of nitrogens with one attached hydrogen (secondary N) is 1. The lowest BCUT2D eigenvalue weighted by atomic mass is 10.00. The van der Waals surface area contributed by atoms with E-state index in [0.717, 1.165) is 36.2 Å². The van der Waals surface area contributed by atoms with Crippen LogP contribution in [0.1, 0.15) is 19.8 Å². The summed E-state index contributed by atoms with van der Waals surface area (Å²) in [4.78, 5) is 11.3. The molecule has 4 heterocycles. The zero-order valence-electron chi connectivity index (χ0n) is 13.2. The third-order valence-electron chi connectivity index (χ3n) is 4.24. The summed E-state index contributed by atoms with van der Waals surface area (Å²) in [6.07, 6.45) is 6.22. The van der Waals surface area contributed by atoms with Crippen LogP contribution in [-0.4, -0.2) is 32.7 Å². The van der Waals surface area contributed by atoms with Crippen molar-refractivity contribution in [2.24, 2.45) is 5.92 Å². The molecule has 1 atom stereocenters. The lowest BCUT2D eigenvalue weighted by Crippen LogP contribution is -2.34. The highest BCUT2D eigenvalue weighted by atomic mass is 15.4. The largest absolute Gasteiger partial charge is 0.368 e. The van der Waals surface area contributed by atoms with Gasteiger partial charge < -0.3 is 10.2 Å². The van der Waals surface area contributed by atoms with Crippen LogP contribution in [0.25, 0.3) is 5.65 Å². The maximum Gasteiger partial charge on any atom is 0.248 e. The number of fused-ring (bicyclic) bond motifs is 1. The van der Waals surface area contributed by atoms with Gasteiger partial charge in [-0.05, 0) is 43.0 Å². The minimum Gasteiger partial charge on any atom is -0.368 e. The molecule has 0 aromatic carbocycles. The quantitative estimate of drug-likeness (QED) is 0.805. The molecule has 1 aliphatic heterocycles.